The van der Waals surface area contributed by atoms with E-state index in [1.54, 1.807) is 45.0 Å². The number of hydrogen-bond acceptors (Lipinski definition) is 16. The second-order valence-corrected chi connectivity index (χ2v) is 21.3. The summed E-state index contributed by atoms with van der Waals surface area (Å²) in [6, 6.07) is 12.0. The summed E-state index contributed by atoms with van der Waals surface area (Å²) in [4.78, 5) is 92.8. The number of phenolic OH excluding ortho intramolecular Hbond substituents is 2. The van der Waals surface area contributed by atoms with Crippen LogP contribution in [0.3, 0.4) is 0 Å². The average Bonchev–Trinajstić information content (AvgIpc) is 0.804. The van der Waals surface area contributed by atoms with Gasteiger partial charge >= 0.3 is 12.1 Å². The van der Waals surface area contributed by atoms with Gasteiger partial charge in [-0.1, -0.05) is 113 Å². The van der Waals surface area contributed by atoms with Crippen molar-refractivity contribution in [1.29, 1.82) is 0 Å². The van der Waals surface area contributed by atoms with Gasteiger partial charge in [-0.25, -0.2) is 4.79 Å². The summed E-state index contributed by atoms with van der Waals surface area (Å²) in [5.41, 5.74) is 15.5. The van der Waals surface area contributed by atoms with E-state index in [0.717, 1.165) is 58.0 Å². The Balaban J connectivity index is 0.000000710. The summed E-state index contributed by atoms with van der Waals surface area (Å²) in [7, 11) is 0. The fourth-order valence-corrected chi connectivity index (χ4v) is 7.43. The number of nitrogens with two attached hydrogens (primary N) is 3. The zero-order valence-corrected chi connectivity index (χ0v) is 54.1. The third-order valence-electron chi connectivity index (χ3n) is 12.0. The molecule has 1 aliphatic rings. The Kier molecular flexibility index (Phi) is 33.1. The first kappa shape index (κ1) is 60.5. The Morgan fingerprint density at radius 3 is 1.63 bits per heavy atom. The third-order valence-corrected chi connectivity index (χ3v) is 12.2. The van der Waals surface area contributed by atoms with Crippen molar-refractivity contribution in [2.24, 2.45) is 23.1 Å². The molecule has 0 aromatic heterocycles. The molecule has 5 aromatic rings. The number of nitrogens with zero attached hydrogens (tertiary/aromatic N) is 2. The number of rotatable bonds is 29. The van der Waals surface area contributed by atoms with Crippen LogP contribution in [0.2, 0.25) is 0 Å². The number of ether oxygens (including phenoxy) is 2. The molecule has 0 saturated heterocycles. The molecule has 0 heterocycles. The minimum atomic E-state index is -1.05. The average molecular weight is 1330 g/mol. The lowest BCUT2D eigenvalue weighted by atomic mass is 9.89. The van der Waals surface area contributed by atoms with Crippen molar-refractivity contribution >= 4 is 69.6 Å². The van der Waals surface area contributed by atoms with Crippen molar-refractivity contribution in [3.8, 4) is 17.2 Å². The molecule has 5 amide bonds. The third kappa shape index (κ3) is 43.7. The van der Waals surface area contributed by atoms with Gasteiger partial charge in [-0.05, 0) is 182 Å². The highest BCUT2D eigenvalue weighted by Gasteiger charge is 2.23. The van der Waals surface area contributed by atoms with Crippen molar-refractivity contribution in [3.63, 3.8) is 0 Å². The Morgan fingerprint density at radius 2 is 1.16 bits per heavy atom. The van der Waals surface area contributed by atoms with Gasteiger partial charge in [0.15, 0.2) is 0 Å². The van der Waals surface area contributed by atoms with Gasteiger partial charge in [0.1, 0.15) is 22.8 Å². The van der Waals surface area contributed by atoms with Crippen LogP contribution in [0.1, 0.15) is 183 Å². The lowest BCUT2D eigenvalue weighted by Gasteiger charge is -2.27. The summed E-state index contributed by atoms with van der Waals surface area (Å²) in [6.07, 6.45) is 8.89. The predicted octanol–water partition coefficient (Wildman–Crippen LogP) is 12.7. The van der Waals surface area contributed by atoms with Crippen molar-refractivity contribution in [2.75, 3.05) is 56.4 Å². The number of aromatic hydroxyl groups is 2. The topological polar surface area (TPSA) is 351 Å². The van der Waals surface area contributed by atoms with Crippen LogP contribution in [0, 0.1) is 16.0 Å². The van der Waals surface area contributed by atoms with Crippen molar-refractivity contribution in [2.45, 2.75) is 149 Å². The summed E-state index contributed by atoms with van der Waals surface area (Å²) >= 11 is 5.10. The Bertz CT molecular complexity index is 3610. The van der Waals surface area contributed by atoms with Crippen molar-refractivity contribution < 1.29 is 77.4 Å². The van der Waals surface area contributed by atoms with E-state index >= 15 is 0 Å². The van der Waals surface area contributed by atoms with Gasteiger partial charge in [0.25, 0.3) is 16.8 Å². The molecule has 93 heavy (non-hydrogen) atoms. The highest BCUT2D eigenvalue weighted by atomic mass is 35.5. The van der Waals surface area contributed by atoms with Gasteiger partial charge in [0.2, 0.25) is 17.7 Å². The minimum absolute atomic E-state index is 0.0316. The highest BCUT2D eigenvalue weighted by molar-refractivity contribution is 6.67. The van der Waals surface area contributed by atoms with Gasteiger partial charge in [0, 0.05) is 85.6 Å². The van der Waals surface area contributed by atoms with Crippen LogP contribution < -0.4 is 43.2 Å². The van der Waals surface area contributed by atoms with Crippen LogP contribution in [0.4, 0.5) is 21.9 Å². The molecule has 1 aliphatic carbocycles. The van der Waals surface area contributed by atoms with Crippen LogP contribution in [0.15, 0.2) is 146 Å². The summed E-state index contributed by atoms with van der Waals surface area (Å²) in [5.74, 6) is -2.01. The van der Waals surface area contributed by atoms with Crippen molar-refractivity contribution in [1.82, 2.24) is 15.5 Å². The first-order chi connectivity index (χ1) is 50.3. The molecule has 6 rings (SSSR count). The van der Waals surface area contributed by atoms with E-state index in [-0.39, 0.29) is 66.4 Å². The van der Waals surface area contributed by atoms with Crippen LogP contribution in [0.25, 0.3) is 0 Å². The molecule has 12 N–H and O–H groups in total. The van der Waals surface area contributed by atoms with Gasteiger partial charge < -0.3 is 63.1 Å². The SMILES string of the molecule is C=CC(=O)Nc1ccc(O)cc1.CC(=O)Oc1ccc([N+](=O)[O-])cc1.NCCCCCCN.[2H]C1CC(C(=O)NCCCCCCN)C([2H])C([2H])C1[2H].[2H]c1c([2H])c([2H])c(C(=O)Cl)c([2H])c1[2H].[2H]c1c([2H])c([2H])c(C(=O)NCCCCCCN(CCC(=O)Nc2ccc(O)cc2)C(=O)OC(C)(C)C)c([2H])c1[2H]. The largest absolute Gasteiger partial charge is 0.508 e. The number of carbonyl (C=O) groups excluding carboxylic acids is 7. The van der Waals surface area contributed by atoms with Crippen LogP contribution >= 0.6 is 11.6 Å². The van der Waals surface area contributed by atoms with E-state index in [2.05, 4.69) is 32.6 Å². The molecule has 1 fully saturated rings. The molecule has 5 atom stereocenters. The lowest BCUT2D eigenvalue weighted by Crippen LogP contribution is -2.39. The van der Waals surface area contributed by atoms with Gasteiger partial charge in [-0.15, -0.1) is 0 Å². The molecular formula is C70H100ClN9O13. The maximum absolute atomic E-state index is 12.7. The Hall–Kier alpha value is -8.70. The minimum Gasteiger partial charge on any atom is -0.508 e. The first-order valence-electron chi connectivity index (χ1n) is 37.5. The van der Waals surface area contributed by atoms with Crippen LogP contribution in [-0.4, -0.2) is 112 Å². The van der Waals surface area contributed by atoms with E-state index in [1.165, 1.54) is 79.3 Å². The number of phenols is 2. The normalized spacial score (nSPS) is 17.1. The first-order valence-corrected chi connectivity index (χ1v) is 30.6. The van der Waals surface area contributed by atoms with Gasteiger partial charge in [-0.2, -0.15) is 0 Å². The van der Waals surface area contributed by atoms with Gasteiger partial charge in [0.05, 0.1) is 18.6 Å². The summed E-state index contributed by atoms with van der Waals surface area (Å²) in [6.45, 7) is 13.6. The standard InChI is InChI=1S/C27H37N3O5.C13H26N2O.C9H9NO2.C8H7NO4.C7H5ClO.C6H16N2/c1-27(2,3)35-26(34)30(20-17-24(32)29-22-13-15-23(31)16-14-22)19-10-5-4-9-18-28-25(33)21-11-7-6-8-12-21;14-10-6-1-2-7-11-15-13(16)12-8-4-3-5-9-12;1-2-9(12)10-7-3-5-8(11)6-4-7;1-6(10)13-8-4-2-7(3-5-8)9(11)12;8-7(9)6-4-2-1-3-5-6;7-5-3-1-2-4-6-8/h6-8,11-16,31H,4-5,9-10,17-20H2,1-3H3,(H,28,33)(H,29,32);12H,1-11,14H2,(H,15,16);2-6,11H,1H2,(H,10,12);2-5H,1H3;1-5H;1-8H2/i6D,7D,8D,11D,12D;3D,4D,5D,8D;;;1D,2D,3D,4D,5D;. The number of nitro benzene ring substituents is 1. The van der Waals surface area contributed by atoms with Crippen molar-refractivity contribution in [3.05, 3.63) is 167 Å². The number of carbonyl (C=O) groups is 7. The number of esters is 1. The molecule has 5 unspecified atom stereocenters. The second kappa shape index (κ2) is 50.9. The number of halogens is 1. The lowest BCUT2D eigenvalue weighted by molar-refractivity contribution is -0.384. The molecule has 0 bridgehead atoms. The number of nitro groups is 1. The zero-order valence-electron chi connectivity index (χ0n) is 67.3. The van der Waals surface area contributed by atoms with E-state index in [4.69, 9.17) is 57.8 Å². The van der Waals surface area contributed by atoms with E-state index in [9.17, 15) is 48.8 Å². The number of benzene rings is 5. The molecule has 0 spiro atoms. The summed E-state index contributed by atoms with van der Waals surface area (Å²) in [5, 5.41) is 38.1. The number of unbranched alkanes of at least 4 members (excludes halogenated alkanes) is 9. The number of nitrogens with one attached hydrogen (secondary N) is 4. The molecular weight excluding hydrogens is 1210 g/mol. The maximum Gasteiger partial charge on any atom is 0.410 e. The molecule has 23 heteroatoms. The number of amides is 5. The van der Waals surface area contributed by atoms with E-state index in [0.29, 0.717) is 56.0 Å². The molecule has 0 radical (unpaired) electrons. The Labute approximate surface area is 573 Å². The number of anilines is 2. The van der Waals surface area contributed by atoms with Crippen LogP contribution in [-0.2, 0) is 23.9 Å². The highest BCUT2D eigenvalue weighted by Crippen LogP contribution is 2.24. The van der Waals surface area contributed by atoms with Crippen LogP contribution in [0.5, 0.6) is 17.2 Å². The predicted molar refractivity (Wildman–Crippen MR) is 368 cm³/mol. The molecule has 0 aliphatic heterocycles. The molecule has 5 aromatic carbocycles. The van der Waals surface area contributed by atoms with Gasteiger partial charge in [-0.3, -0.25) is 38.9 Å². The zero-order chi connectivity index (χ0) is 81.3. The van der Waals surface area contributed by atoms with E-state index in [1.807, 2.05) is 0 Å². The fourth-order valence-electron chi connectivity index (χ4n) is 7.33. The summed E-state index contributed by atoms with van der Waals surface area (Å²) < 4.78 is 116. The Morgan fingerprint density at radius 1 is 0.677 bits per heavy atom. The fraction of sp³-hybridized carbons (Fsp3) is 0.443. The molecule has 1 saturated carbocycles. The molecule has 22 nitrogen and oxygen atoms in total. The van der Waals surface area contributed by atoms with E-state index < -0.39 is 131 Å². The number of non-ortho nitro benzene ring substituents is 1. The monoisotopic (exact) mass is 1320 g/mol. The quantitative estimate of drug-likeness (QED) is 0.00314. The maximum atomic E-state index is 12.7. The smallest absolute Gasteiger partial charge is 0.410 e. The number of hydrogen-bond donors (Lipinski definition) is 9. The second-order valence-electron chi connectivity index (χ2n) is 21.0. The molecule has 510 valence electrons.